The molecule has 1 atom stereocenters. The van der Waals surface area contributed by atoms with Crippen LogP contribution in [0.15, 0.2) is 60.7 Å². The lowest BCUT2D eigenvalue weighted by Crippen LogP contribution is -2.06. The smallest absolute Gasteiger partial charge is 0.303 e. The van der Waals surface area contributed by atoms with Gasteiger partial charge in [-0.15, -0.1) is 0 Å². The standard InChI is InChI=1S/C22H28O2S2/c23-22(24)14-8-7-13-21(26-18-20-11-5-2-6-12-20)15-16-25-17-19-9-3-1-4-10-19/h1-6,9-12,21H,7-8,13-18H2,(H,23,24)/i16D2,21D. The quantitative estimate of drug-likeness (QED) is 0.409. The second kappa shape index (κ2) is 12.9. The third-order valence-corrected chi connectivity index (χ3v) is 5.90. The van der Waals surface area contributed by atoms with Crippen LogP contribution in [0.2, 0.25) is 0 Å². The topological polar surface area (TPSA) is 37.3 Å². The van der Waals surface area contributed by atoms with Gasteiger partial charge in [0.1, 0.15) is 0 Å². The Morgan fingerprint density at radius 1 is 0.962 bits per heavy atom. The number of unbranched alkanes of at least 4 members (excludes halogenated alkanes) is 1. The van der Waals surface area contributed by atoms with Crippen molar-refractivity contribution in [2.24, 2.45) is 0 Å². The molecule has 0 saturated carbocycles. The van der Waals surface area contributed by atoms with Gasteiger partial charge in [-0.05, 0) is 36.1 Å². The minimum absolute atomic E-state index is 0.0923. The van der Waals surface area contributed by atoms with Crippen LogP contribution in [-0.4, -0.2) is 22.0 Å². The van der Waals surface area contributed by atoms with Gasteiger partial charge in [-0.3, -0.25) is 4.79 Å². The maximum Gasteiger partial charge on any atom is 0.303 e. The van der Waals surface area contributed by atoms with Gasteiger partial charge in [0, 0.05) is 27.3 Å². The van der Waals surface area contributed by atoms with Crippen LogP contribution in [0.5, 0.6) is 0 Å². The lowest BCUT2D eigenvalue weighted by molar-refractivity contribution is -0.137. The number of carbonyl (C=O) groups is 1. The average Bonchev–Trinajstić information content (AvgIpc) is 2.70. The van der Waals surface area contributed by atoms with Gasteiger partial charge in [0.25, 0.3) is 0 Å². The molecule has 1 N–H and O–H groups in total. The van der Waals surface area contributed by atoms with Gasteiger partial charge in [-0.25, -0.2) is 0 Å². The maximum atomic E-state index is 10.8. The molecule has 2 aromatic carbocycles. The number of rotatable bonds is 13. The first-order valence-electron chi connectivity index (χ1n) is 10.4. The van der Waals surface area contributed by atoms with E-state index in [1.807, 2.05) is 60.7 Å². The first-order chi connectivity index (χ1) is 13.8. The number of aliphatic carboxylic acids is 1. The number of hydrogen-bond donors (Lipinski definition) is 1. The van der Waals surface area contributed by atoms with Crippen LogP contribution in [0.25, 0.3) is 0 Å². The Bertz CT molecular complexity index is 744. The van der Waals surface area contributed by atoms with E-state index in [2.05, 4.69) is 0 Å². The molecule has 2 rings (SSSR count). The number of thioether (sulfide) groups is 2. The first-order valence-corrected chi connectivity index (χ1v) is 10.8. The van der Waals surface area contributed by atoms with Gasteiger partial charge in [0.05, 0.1) is 0 Å². The van der Waals surface area contributed by atoms with Crippen LogP contribution in [0.1, 0.15) is 47.3 Å². The van der Waals surface area contributed by atoms with Gasteiger partial charge < -0.3 is 5.11 Å². The van der Waals surface area contributed by atoms with E-state index in [9.17, 15) is 4.79 Å². The maximum absolute atomic E-state index is 10.8. The Morgan fingerprint density at radius 2 is 1.58 bits per heavy atom. The van der Waals surface area contributed by atoms with E-state index in [0.29, 0.717) is 30.8 Å². The summed E-state index contributed by atoms with van der Waals surface area (Å²) in [6.45, 7) is 0. The molecule has 0 spiro atoms. The molecular formula is C22H28O2S2. The molecule has 26 heavy (non-hydrogen) atoms. The van der Waals surface area contributed by atoms with Crippen molar-refractivity contribution in [1.82, 2.24) is 0 Å². The summed E-state index contributed by atoms with van der Waals surface area (Å²) in [6, 6.07) is 19.7. The highest BCUT2D eigenvalue weighted by molar-refractivity contribution is 7.99. The molecular weight excluding hydrogens is 360 g/mol. The summed E-state index contributed by atoms with van der Waals surface area (Å²) >= 11 is 2.68. The van der Waals surface area contributed by atoms with Crippen molar-refractivity contribution < 1.29 is 14.0 Å². The Kier molecular flexibility index (Phi) is 8.30. The third-order valence-electron chi connectivity index (χ3n) is 3.84. The zero-order valence-corrected chi connectivity index (χ0v) is 16.5. The summed E-state index contributed by atoms with van der Waals surface area (Å²) in [5.74, 6) is 0.376. The minimum Gasteiger partial charge on any atom is -0.481 e. The van der Waals surface area contributed by atoms with E-state index >= 15 is 0 Å². The van der Waals surface area contributed by atoms with Crippen molar-refractivity contribution in [3.05, 3.63) is 71.8 Å². The molecule has 0 amide bonds. The van der Waals surface area contributed by atoms with Gasteiger partial charge in [-0.2, -0.15) is 23.5 Å². The largest absolute Gasteiger partial charge is 0.481 e. The minimum atomic E-state index is -1.53. The lowest BCUT2D eigenvalue weighted by atomic mass is 10.1. The van der Waals surface area contributed by atoms with Crippen molar-refractivity contribution in [2.75, 3.05) is 5.70 Å². The summed E-state index contributed by atoms with van der Waals surface area (Å²) in [5, 5.41) is 7.85. The first kappa shape index (κ1) is 16.8. The molecule has 0 saturated heterocycles. The zero-order valence-electron chi connectivity index (χ0n) is 17.9. The van der Waals surface area contributed by atoms with Crippen LogP contribution in [0, 0.1) is 0 Å². The van der Waals surface area contributed by atoms with Crippen molar-refractivity contribution >= 4 is 29.5 Å². The predicted octanol–water partition coefficient (Wildman–Crippen LogP) is 6.26. The Labute approximate surface area is 170 Å². The molecule has 0 aliphatic heterocycles. The number of carboxylic acids is 1. The van der Waals surface area contributed by atoms with Crippen molar-refractivity contribution in [3.63, 3.8) is 0 Å². The molecule has 0 bridgehead atoms. The molecule has 1 unspecified atom stereocenters. The fraction of sp³-hybridized carbons (Fsp3) is 0.409. The van der Waals surface area contributed by atoms with Crippen molar-refractivity contribution in [3.8, 4) is 0 Å². The van der Waals surface area contributed by atoms with Crippen LogP contribution in [-0.2, 0) is 16.3 Å². The highest BCUT2D eigenvalue weighted by Gasteiger charge is 2.10. The van der Waals surface area contributed by atoms with Crippen LogP contribution in [0.3, 0.4) is 0 Å². The van der Waals surface area contributed by atoms with Crippen molar-refractivity contribution in [2.45, 2.75) is 48.8 Å². The predicted molar refractivity (Wildman–Crippen MR) is 115 cm³/mol. The molecule has 2 nitrogen and oxygen atoms in total. The second-order valence-electron chi connectivity index (χ2n) is 6.01. The van der Waals surface area contributed by atoms with E-state index in [4.69, 9.17) is 9.22 Å². The van der Waals surface area contributed by atoms with Gasteiger partial charge in [0.2, 0.25) is 0 Å². The molecule has 0 radical (unpaired) electrons. The molecule has 0 aliphatic rings. The summed E-state index contributed by atoms with van der Waals surface area (Å²) in [7, 11) is 0. The number of hydrogen-bond acceptors (Lipinski definition) is 3. The van der Waals surface area contributed by atoms with E-state index < -0.39 is 16.9 Å². The molecule has 2 aromatic rings. The Hall–Kier alpha value is -1.39. The van der Waals surface area contributed by atoms with Crippen LogP contribution < -0.4 is 0 Å². The monoisotopic (exact) mass is 391 g/mol. The highest BCUT2D eigenvalue weighted by Crippen LogP contribution is 2.27. The normalized spacial score (nSPS) is 15.5. The van der Waals surface area contributed by atoms with Gasteiger partial charge >= 0.3 is 5.97 Å². The molecule has 140 valence electrons. The van der Waals surface area contributed by atoms with E-state index in [1.54, 1.807) is 0 Å². The second-order valence-corrected chi connectivity index (χ2v) is 8.03. The molecule has 4 heteroatoms. The van der Waals surface area contributed by atoms with Gasteiger partial charge in [-0.1, -0.05) is 67.1 Å². The lowest BCUT2D eigenvalue weighted by Gasteiger charge is -2.16. The summed E-state index contributed by atoms with van der Waals surface area (Å²) in [5.41, 5.74) is 0.640. The van der Waals surface area contributed by atoms with E-state index in [-0.39, 0.29) is 12.8 Å². The third kappa shape index (κ3) is 9.35. The zero-order chi connectivity index (χ0) is 21.2. The average molecular weight is 392 g/mol. The summed E-state index contributed by atoms with van der Waals surface area (Å²) < 4.78 is 25.9. The van der Waals surface area contributed by atoms with Crippen LogP contribution in [0.4, 0.5) is 0 Å². The Morgan fingerprint density at radius 3 is 2.19 bits per heavy atom. The van der Waals surface area contributed by atoms with Gasteiger partial charge in [0.15, 0.2) is 0 Å². The molecule has 0 heterocycles. The van der Waals surface area contributed by atoms with E-state index in [0.717, 1.165) is 11.1 Å². The summed E-state index contributed by atoms with van der Waals surface area (Å²) in [4.78, 5) is 10.8. The SMILES string of the molecule is [2H]C([2H])(CC([2H])(CCCCC(=O)O)SCc1ccccc1)SCc1ccccc1. The fourth-order valence-corrected chi connectivity index (χ4v) is 4.26. The van der Waals surface area contributed by atoms with Crippen LogP contribution >= 0.6 is 23.5 Å². The van der Waals surface area contributed by atoms with Crippen molar-refractivity contribution in [1.29, 1.82) is 0 Å². The summed E-state index contributed by atoms with van der Waals surface area (Å²) in [6.07, 6.45) is 1.79. The molecule has 0 fully saturated rings. The fourth-order valence-electron chi connectivity index (χ4n) is 2.41. The number of benzene rings is 2. The number of carboxylic acid groups (broad SMARTS) is 1. The molecule has 0 aromatic heterocycles. The molecule has 0 aliphatic carbocycles. The van der Waals surface area contributed by atoms with E-state index in [1.165, 1.54) is 23.5 Å². The Balaban J connectivity index is 1.98. The highest BCUT2D eigenvalue weighted by atomic mass is 32.2.